The van der Waals surface area contributed by atoms with Gasteiger partial charge in [0.25, 0.3) is 5.91 Å². The summed E-state index contributed by atoms with van der Waals surface area (Å²) in [6, 6.07) is 11.2. The van der Waals surface area contributed by atoms with Crippen LogP contribution in [0.1, 0.15) is 41.6 Å². The van der Waals surface area contributed by atoms with Crippen molar-refractivity contribution in [3.8, 4) is 23.1 Å². The zero-order valence-electron chi connectivity index (χ0n) is 16.4. The van der Waals surface area contributed by atoms with Crippen molar-refractivity contribution in [1.29, 1.82) is 5.26 Å². The first-order valence-corrected chi connectivity index (χ1v) is 9.54. The van der Waals surface area contributed by atoms with Gasteiger partial charge in [0.2, 0.25) is 5.88 Å². The summed E-state index contributed by atoms with van der Waals surface area (Å²) in [6.45, 7) is 1.55. The first-order chi connectivity index (χ1) is 13.6. The first kappa shape index (κ1) is 19.8. The Kier molecular flexibility index (Phi) is 6.62. The summed E-state index contributed by atoms with van der Waals surface area (Å²) in [7, 11) is 3.30. The van der Waals surface area contributed by atoms with Crippen molar-refractivity contribution >= 4 is 5.91 Å². The topological polar surface area (TPSA) is 75.4 Å². The number of methoxy groups -OCH3 is 1. The Morgan fingerprint density at radius 2 is 2.29 bits per heavy atom. The standard InChI is InChI=1S/C22H25N3O3/c1-25(12-4-8-18-9-5-13-28-18)22(26)17-7-3-6-16(14-17)19-10-11-24-21(27-2)20(19)15-23/h3,6-7,10-11,14,18H,4-5,8-9,12-13H2,1-2H3. The number of ether oxygens (including phenoxy) is 2. The van der Waals surface area contributed by atoms with Crippen LogP contribution in [0, 0.1) is 11.3 Å². The van der Waals surface area contributed by atoms with E-state index in [9.17, 15) is 10.1 Å². The molecule has 1 aromatic heterocycles. The molecular formula is C22H25N3O3. The van der Waals surface area contributed by atoms with Crippen LogP contribution in [-0.2, 0) is 4.74 Å². The van der Waals surface area contributed by atoms with Crippen LogP contribution in [0.25, 0.3) is 11.1 Å². The van der Waals surface area contributed by atoms with Crippen LogP contribution in [0.3, 0.4) is 0 Å². The van der Waals surface area contributed by atoms with Gasteiger partial charge < -0.3 is 14.4 Å². The lowest BCUT2D eigenvalue weighted by Gasteiger charge is -2.19. The minimum atomic E-state index is -0.0336. The number of hydrogen-bond acceptors (Lipinski definition) is 5. The molecule has 1 fully saturated rings. The maximum Gasteiger partial charge on any atom is 0.253 e. The Bertz CT molecular complexity index is 870. The molecule has 2 aromatic rings. The summed E-state index contributed by atoms with van der Waals surface area (Å²) in [4.78, 5) is 18.6. The Morgan fingerprint density at radius 1 is 1.43 bits per heavy atom. The van der Waals surface area contributed by atoms with E-state index in [1.54, 1.807) is 23.2 Å². The predicted molar refractivity (Wildman–Crippen MR) is 106 cm³/mol. The van der Waals surface area contributed by atoms with E-state index < -0.39 is 0 Å². The normalized spacial score (nSPS) is 15.8. The summed E-state index contributed by atoms with van der Waals surface area (Å²) >= 11 is 0. The highest BCUT2D eigenvalue weighted by Gasteiger charge is 2.18. The average Bonchev–Trinajstić information content (AvgIpc) is 3.26. The van der Waals surface area contributed by atoms with Crippen LogP contribution in [0.5, 0.6) is 5.88 Å². The molecule has 1 atom stereocenters. The van der Waals surface area contributed by atoms with Gasteiger partial charge in [-0.1, -0.05) is 12.1 Å². The molecule has 0 radical (unpaired) electrons. The second kappa shape index (κ2) is 9.34. The largest absolute Gasteiger partial charge is 0.480 e. The van der Waals surface area contributed by atoms with Crippen LogP contribution in [0.2, 0.25) is 0 Å². The van der Waals surface area contributed by atoms with Crippen LogP contribution < -0.4 is 4.74 Å². The molecule has 146 valence electrons. The third kappa shape index (κ3) is 4.49. The van der Waals surface area contributed by atoms with Gasteiger partial charge in [0.1, 0.15) is 11.6 Å². The minimum Gasteiger partial charge on any atom is -0.480 e. The van der Waals surface area contributed by atoms with E-state index in [2.05, 4.69) is 11.1 Å². The number of nitriles is 1. The van der Waals surface area contributed by atoms with Crippen molar-refractivity contribution < 1.29 is 14.3 Å². The van der Waals surface area contributed by atoms with Crippen LogP contribution in [0.4, 0.5) is 0 Å². The molecule has 0 spiro atoms. The number of rotatable bonds is 7. The molecule has 1 amide bonds. The number of carbonyl (C=O) groups excluding carboxylic acids is 1. The van der Waals surface area contributed by atoms with E-state index in [-0.39, 0.29) is 11.8 Å². The van der Waals surface area contributed by atoms with Crippen molar-refractivity contribution in [3.05, 3.63) is 47.7 Å². The molecule has 1 unspecified atom stereocenters. The Hall–Kier alpha value is -2.91. The molecule has 0 aliphatic carbocycles. The highest BCUT2D eigenvalue weighted by atomic mass is 16.5. The van der Waals surface area contributed by atoms with E-state index in [4.69, 9.17) is 9.47 Å². The fraction of sp³-hybridized carbons (Fsp3) is 0.409. The SMILES string of the molecule is COc1nccc(-c2cccc(C(=O)N(C)CCCC3CCCO3)c2)c1C#N. The minimum absolute atomic E-state index is 0.0336. The van der Waals surface area contributed by atoms with E-state index in [0.717, 1.165) is 37.9 Å². The Balaban J connectivity index is 1.72. The number of amides is 1. The summed E-state index contributed by atoms with van der Waals surface area (Å²) in [5.74, 6) is 0.247. The molecule has 0 saturated carbocycles. The Labute approximate surface area is 165 Å². The summed E-state index contributed by atoms with van der Waals surface area (Å²) in [5.41, 5.74) is 2.44. The van der Waals surface area contributed by atoms with E-state index >= 15 is 0 Å². The summed E-state index contributed by atoms with van der Waals surface area (Å²) in [5, 5.41) is 9.49. The second-order valence-electron chi connectivity index (χ2n) is 6.94. The molecule has 1 saturated heterocycles. The van der Waals surface area contributed by atoms with E-state index in [1.807, 2.05) is 25.2 Å². The fourth-order valence-corrected chi connectivity index (χ4v) is 3.52. The third-order valence-corrected chi connectivity index (χ3v) is 5.03. The van der Waals surface area contributed by atoms with E-state index in [0.29, 0.717) is 29.3 Å². The smallest absolute Gasteiger partial charge is 0.253 e. The summed E-state index contributed by atoms with van der Waals surface area (Å²) in [6.07, 6.45) is 6.11. The number of hydrogen-bond donors (Lipinski definition) is 0. The molecule has 2 heterocycles. The zero-order valence-corrected chi connectivity index (χ0v) is 16.4. The molecule has 6 heteroatoms. The number of pyridine rings is 1. The predicted octanol–water partition coefficient (Wildman–Crippen LogP) is 3.66. The second-order valence-corrected chi connectivity index (χ2v) is 6.94. The van der Waals surface area contributed by atoms with Gasteiger partial charge in [-0.2, -0.15) is 5.26 Å². The van der Waals surface area contributed by atoms with Crippen molar-refractivity contribution in [2.75, 3.05) is 27.3 Å². The van der Waals surface area contributed by atoms with Gasteiger partial charge in [0.15, 0.2) is 0 Å². The lowest BCUT2D eigenvalue weighted by molar-refractivity contribution is 0.0763. The van der Waals surface area contributed by atoms with Crippen molar-refractivity contribution in [2.45, 2.75) is 31.8 Å². The van der Waals surface area contributed by atoms with Crippen molar-refractivity contribution in [3.63, 3.8) is 0 Å². The van der Waals surface area contributed by atoms with Crippen molar-refractivity contribution in [1.82, 2.24) is 9.88 Å². The van der Waals surface area contributed by atoms with Crippen LogP contribution in [0.15, 0.2) is 36.5 Å². The summed E-state index contributed by atoms with van der Waals surface area (Å²) < 4.78 is 10.8. The highest BCUT2D eigenvalue weighted by Crippen LogP contribution is 2.29. The van der Waals surface area contributed by atoms with Crippen molar-refractivity contribution in [2.24, 2.45) is 0 Å². The average molecular weight is 379 g/mol. The fourth-order valence-electron chi connectivity index (χ4n) is 3.52. The number of aromatic nitrogens is 1. The number of carbonyl (C=O) groups is 1. The maximum atomic E-state index is 12.8. The molecule has 28 heavy (non-hydrogen) atoms. The van der Waals surface area contributed by atoms with Gasteiger partial charge in [-0.05, 0) is 49.4 Å². The maximum absolute atomic E-state index is 12.8. The molecule has 1 aromatic carbocycles. The lowest BCUT2D eigenvalue weighted by Crippen LogP contribution is -2.28. The van der Waals surface area contributed by atoms with Gasteiger partial charge in [-0.3, -0.25) is 4.79 Å². The number of benzene rings is 1. The zero-order chi connectivity index (χ0) is 19.9. The molecule has 1 aliphatic heterocycles. The van der Waals surface area contributed by atoms with Gasteiger partial charge in [-0.25, -0.2) is 4.98 Å². The third-order valence-electron chi connectivity index (χ3n) is 5.03. The monoisotopic (exact) mass is 379 g/mol. The van der Waals surface area contributed by atoms with Gasteiger partial charge in [0.05, 0.1) is 13.2 Å². The van der Waals surface area contributed by atoms with Gasteiger partial charge in [0, 0.05) is 37.5 Å². The first-order valence-electron chi connectivity index (χ1n) is 9.54. The number of nitrogens with zero attached hydrogens (tertiary/aromatic N) is 3. The lowest BCUT2D eigenvalue weighted by atomic mass is 9.99. The molecule has 3 rings (SSSR count). The van der Waals surface area contributed by atoms with Gasteiger partial charge in [-0.15, -0.1) is 0 Å². The quantitative estimate of drug-likeness (QED) is 0.734. The molecule has 0 bridgehead atoms. The highest BCUT2D eigenvalue weighted by molar-refractivity contribution is 5.95. The molecular weight excluding hydrogens is 354 g/mol. The molecule has 0 N–H and O–H groups in total. The van der Waals surface area contributed by atoms with Crippen LogP contribution >= 0.6 is 0 Å². The van der Waals surface area contributed by atoms with E-state index in [1.165, 1.54) is 7.11 Å². The molecule has 1 aliphatic rings. The van der Waals surface area contributed by atoms with Gasteiger partial charge >= 0.3 is 0 Å². The van der Waals surface area contributed by atoms with Crippen LogP contribution in [-0.4, -0.2) is 49.2 Å². The Morgan fingerprint density at radius 3 is 3.00 bits per heavy atom. The molecule has 6 nitrogen and oxygen atoms in total.